The Morgan fingerprint density at radius 1 is 1.21 bits per heavy atom. The Morgan fingerprint density at radius 2 is 1.93 bits per heavy atom. The molecule has 3 rings (SSSR count). The monoisotopic (exact) mass is 390 g/mol. The van der Waals surface area contributed by atoms with E-state index >= 15 is 0 Å². The molecule has 2 aromatic carbocycles. The number of imidazole rings is 1. The zero-order valence-electron chi connectivity index (χ0n) is 17.0. The number of rotatable bonds is 7. The number of aryl methyl sites for hydroxylation is 1. The van der Waals surface area contributed by atoms with Crippen LogP contribution in [0.2, 0.25) is 0 Å². The van der Waals surface area contributed by atoms with Gasteiger partial charge < -0.3 is 15.2 Å². The van der Waals surface area contributed by atoms with Crippen molar-refractivity contribution in [3.8, 4) is 0 Å². The Morgan fingerprint density at radius 3 is 2.59 bits per heavy atom. The topological polar surface area (TPSA) is 76.0 Å². The fourth-order valence-electron chi connectivity index (χ4n) is 3.14. The summed E-state index contributed by atoms with van der Waals surface area (Å²) in [6, 6.07) is 13.6. The third-order valence-electron chi connectivity index (χ3n) is 4.66. The van der Waals surface area contributed by atoms with Gasteiger partial charge >= 0.3 is 0 Å². The maximum atomic E-state index is 12.9. The van der Waals surface area contributed by atoms with Gasteiger partial charge in [0.1, 0.15) is 5.82 Å². The number of nitrogens with one attached hydrogen (secondary N) is 2. The molecule has 0 aliphatic carbocycles. The van der Waals surface area contributed by atoms with Gasteiger partial charge in [-0.2, -0.15) is 0 Å². The lowest BCUT2D eigenvalue weighted by molar-refractivity contribution is -0.118. The van der Waals surface area contributed by atoms with Gasteiger partial charge in [0, 0.05) is 24.7 Å². The van der Waals surface area contributed by atoms with E-state index in [0.29, 0.717) is 29.9 Å². The first kappa shape index (κ1) is 20.3. The highest BCUT2D eigenvalue weighted by Crippen LogP contribution is 2.26. The van der Waals surface area contributed by atoms with Crippen molar-refractivity contribution in [2.75, 3.05) is 11.9 Å². The molecule has 1 aromatic heterocycles. The van der Waals surface area contributed by atoms with Crippen molar-refractivity contribution in [1.29, 1.82) is 0 Å². The highest BCUT2D eigenvalue weighted by Gasteiger charge is 2.19. The van der Waals surface area contributed by atoms with Gasteiger partial charge in [-0.25, -0.2) is 4.98 Å². The summed E-state index contributed by atoms with van der Waals surface area (Å²) in [4.78, 5) is 29.7. The van der Waals surface area contributed by atoms with Crippen molar-refractivity contribution < 1.29 is 9.59 Å². The van der Waals surface area contributed by atoms with Crippen LogP contribution in [0.15, 0.2) is 55.1 Å². The van der Waals surface area contributed by atoms with E-state index in [4.69, 9.17) is 0 Å². The minimum Gasteiger partial charge on any atom is -0.349 e. The van der Waals surface area contributed by atoms with Crippen molar-refractivity contribution >= 4 is 28.5 Å². The smallest absolute Gasteiger partial charge is 0.253 e. The van der Waals surface area contributed by atoms with Gasteiger partial charge in [-0.05, 0) is 24.6 Å². The van der Waals surface area contributed by atoms with E-state index < -0.39 is 0 Å². The van der Waals surface area contributed by atoms with Crippen LogP contribution in [-0.4, -0.2) is 27.9 Å². The first-order valence-electron chi connectivity index (χ1n) is 9.65. The van der Waals surface area contributed by atoms with E-state index in [2.05, 4.69) is 22.2 Å². The maximum absolute atomic E-state index is 12.9. The van der Waals surface area contributed by atoms with E-state index in [1.165, 1.54) is 0 Å². The number of hydrogen-bond acceptors (Lipinski definition) is 3. The fourth-order valence-corrected chi connectivity index (χ4v) is 3.14. The Kier molecular flexibility index (Phi) is 6.12. The molecule has 0 fully saturated rings. The molecule has 0 saturated carbocycles. The first-order valence-corrected chi connectivity index (χ1v) is 9.65. The maximum Gasteiger partial charge on any atom is 0.253 e. The van der Waals surface area contributed by atoms with Crippen LogP contribution in [-0.2, 0) is 11.3 Å². The van der Waals surface area contributed by atoms with Gasteiger partial charge in [-0.15, -0.1) is 6.58 Å². The largest absolute Gasteiger partial charge is 0.349 e. The van der Waals surface area contributed by atoms with Crippen LogP contribution in [0.25, 0.3) is 11.0 Å². The number of benzene rings is 2. The molecule has 150 valence electrons. The molecular formula is C23H26N4O2. The summed E-state index contributed by atoms with van der Waals surface area (Å²) in [5.41, 5.74) is 3.56. The molecule has 0 aliphatic rings. The standard InChI is InChI=1S/C23H26N4O2/c1-5-11-24-23(29)19-12-18(26-22(28)15(2)3)13-20-21(19)27(16(4)25-20)14-17-9-7-6-8-10-17/h5-10,12-13,15H,1,11,14H2,2-4H3,(H,24,29)(H,26,28). The Labute approximate surface area is 170 Å². The zero-order valence-corrected chi connectivity index (χ0v) is 17.0. The van der Waals surface area contributed by atoms with Crippen molar-refractivity contribution in [1.82, 2.24) is 14.9 Å². The zero-order chi connectivity index (χ0) is 21.0. The normalized spacial score (nSPS) is 10.9. The third kappa shape index (κ3) is 4.54. The SMILES string of the molecule is C=CCNC(=O)c1cc(NC(=O)C(C)C)cc2nc(C)n(Cc3ccccc3)c12. The number of nitrogens with zero attached hydrogens (tertiary/aromatic N) is 2. The molecule has 3 aromatic rings. The summed E-state index contributed by atoms with van der Waals surface area (Å²) in [6.07, 6.45) is 1.63. The second-order valence-electron chi connectivity index (χ2n) is 7.26. The van der Waals surface area contributed by atoms with Gasteiger partial charge in [-0.1, -0.05) is 50.3 Å². The average Bonchev–Trinajstić information content (AvgIpc) is 3.01. The van der Waals surface area contributed by atoms with Gasteiger partial charge in [0.25, 0.3) is 5.91 Å². The van der Waals surface area contributed by atoms with Crippen LogP contribution < -0.4 is 10.6 Å². The van der Waals surface area contributed by atoms with Gasteiger partial charge in [-0.3, -0.25) is 9.59 Å². The third-order valence-corrected chi connectivity index (χ3v) is 4.66. The van der Waals surface area contributed by atoms with Crippen LogP contribution in [0.5, 0.6) is 0 Å². The summed E-state index contributed by atoms with van der Waals surface area (Å²) < 4.78 is 2.03. The van der Waals surface area contributed by atoms with Gasteiger partial charge in [0.05, 0.1) is 16.6 Å². The van der Waals surface area contributed by atoms with Gasteiger partial charge in [0.15, 0.2) is 0 Å². The summed E-state index contributed by atoms with van der Waals surface area (Å²) in [6.45, 7) is 10.2. The minimum absolute atomic E-state index is 0.109. The van der Waals surface area contributed by atoms with Crippen LogP contribution in [0, 0.1) is 12.8 Å². The van der Waals surface area contributed by atoms with Gasteiger partial charge in [0.2, 0.25) is 5.91 Å². The molecule has 0 bridgehead atoms. The molecule has 0 spiro atoms. The molecular weight excluding hydrogens is 364 g/mol. The first-order chi connectivity index (χ1) is 13.9. The lowest BCUT2D eigenvalue weighted by atomic mass is 10.1. The molecule has 0 atom stereocenters. The Bertz CT molecular complexity index is 1050. The van der Waals surface area contributed by atoms with Crippen molar-refractivity contribution in [3.05, 3.63) is 72.1 Å². The number of aromatic nitrogens is 2. The van der Waals surface area contributed by atoms with Crippen molar-refractivity contribution in [3.63, 3.8) is 0 Å². The highest BCUT2D eigenvalue weighted by atomic mass is 16.2. The fraction of sp³-hybridized carbons (Fsp3) is 0.261. The second kappa shape index (κ2) is 8.73. The molecule has 0 radical (unpaired) electrons. The summed E-state index contributed by atoms with van der Waals surface area (Å²) in [5.74, 6) is 0.294. The predicted molar refractivity (Wildman–Crippen MR) is 116 cm³/mol. The Balaban J connectivity index is 2.12. The van der Waals surface area contributed by atoms with E-state index in [-0.39, 0.29) is 17.7 Å². The number of fused-ring (bicyclic) bond motifs is 1. The van der Waals surface area contributed by atoms with E-state index in [9.17, 15) is 9.59 Å². The minimum atomic E-state index is -0.232. The molecule has 0 unspecified atom stereocenters. The number of carbonyl (C=O) groups excluding carboxylic acids is 2. The molecule has 2 N–H and O–H groups in total. The van der Waals surface area contributed by atoms with Crippen molar-refractivity contribution in [2.24, 2.45) is 5.92 Å². The second-order valence-corrected chi connectivity index (χ2v) is 7.26. The summed E-state index contributed by atoms with van der Waals surface area (Å²) in [5, 5.41) is 5.71. The number of anilines is 1. The quantitative estimate of drug-likeness (QED) is 0.601. The molecule has 29 heavy (non-hydrogen) atoms. The van der Waals surface area contributed by atoms with E-state index in [1.54, 1.807) is 12.1 Å². The molecule has 6 nitrogen and oxygen atoms in total. The highest BCUT2D eigenvalue weighted by molar-refractivity contribution is 6.08. The van der Waals surface area contributed by atoms with Crippen LogP contribution in [0.4, 0.5) is 5.69 Å². The van der Waals surface area contributed by atoms with E-state index in [0.717, 1.165) is 16.9 Å². The lowest BCUT2D eigenvalue weighted by Gasteiger charge is -2.13. The summed E-state index contributed by atoms with van der Waals surface area (Å²) >= 11 is 0. The predicted octanol–water partition coefficient (Wildman–Crippen LogP) is 3.90. The molecule has 2 amide bonds. The summed E-state index contributed by atoms with van der Waals surface area (Å²) in [7, 11) is 0. The molecule has 1 heterocycles. The number of hydrogen-bond donors (Lipinski definition) is 2. The molecule has 0 aliphatic heterocycles. The molecule has 0 saturated heterocycles. The molecule has 6 heteroatoms. The van der Waals surface area contributed by atoms with Crippen molar-refractivity contribution in [2.45, 2.75) is 27.3 Å². The van der Waals surface area contributed by atoms with Crippen LogP contribution in [0.1, 0.15) is 35.6 Å². The number of amides is 2. The van der Waals surface area contributed by atoms with E-state index in [1.807, 2.05) is 61.7 Å². The Hall–Kier alpha value is -3.41. The lowest BCUT2D eigenvalue weighted by Crippen LogP contribution is -2.24. The number of carbonyl (C=O) groups is 2. The van der Waals surface area contributed by atoms with Crippen LogP contribution in [0.3, 0.4) is 0 Å². The van der Waals surface area contributed by atoms with Crippen LogP contribution >= 0.6 is 0 Å². The average molecular weight is 390 g/mol.